The third kappa shape index (κ3) is 2.88. The van der Waals surface area contributed by atoms with E-state index in [-0.39, 0.29) is 0 Å². The fourth-order valence-electron chi connectivity index (χ4n) is 1.81. The molecular formula is C14H14N4S. The van der Waals surface area contributed by atoms with Gasteiger partial charge in [0.15, 0.2) is 10.5 Å². The number of aromatic nitrogens is 3. The zero-order valence-corrected chi connectivity index (χ0v) is 11.4. The minimum atomic E-state index is 0.748. The van der Waals surface area contributed by atoms with E-state index in [1.165, 1.54) is 5.56 Å². The van der Waals surface area contributed by atoms with Gasteiger partial charge in [-0.05, 0) is 19.1 Å². The zero-order valence-electron chi connectivity index (χ0n) is 10.6. The smallest absolute Gasteiger partial charge is 0.189 e. The van der Waals surface area contributed by atoms with Gasteiger partial charge in [0.25, 0.3) is 0 Å². The van der Waals surface area contributed by atoms with Gasteiger partial charge in [-0.1, -0.05) is 29.0 Å². The lowest BCUT2D eigenvalue weighted by Gasteiger charge is -2.04. The largest absolute Gasteiger partial charge is 0.385 e. The van der Waals surface area contributed by atoms with Crippen LogP contribution in [0.3, 0.4) is 0 Å². The lowest BCUT2D eigenvalue weighted by Crippen LogP contribution is -2.04. The molecule has 2 heterocycles. The van der Waals surface area contributed by atoms with Crippen LogP contribution in [-0.2, 0) is 6.42 Å². The molecule has 96 valence electrons. The van der Waals surface area contributed by atoms with Gasteiger partial charge in [0.05, 0.1) is 5.01 Å². The first-order valence-electron chi connectivity index (χ1n) is 6.18. The summed E-state index contributed by atoms with van der Waals surface area (Å²) in [5, 5.41) is 4.46. The molecule has 0 amide bonds. The summed E-state index contributed by atoms with van der Waals surface area (Å²) in [5.41, 5.74) is 3.16. The molecule has 0 atom stereocenters. The van der Waals surface area contributed by atoms with E-state index in [1.807, 2.05) is 0 Å². The normalized spacial score (nSPS) is 10.8. The fraction of sp³-hybridized carbons (Fsp3) is 0.214. The highest BCUT2D eigenvalue weighted by Gasteiger charge is 2.04. The summed E-state index contributed by atoms with van der Waals surface area (Å²) in [5.74, 6) is 0. The van der Waals surface area contributed by atoms with Crippen molar-refractivity contribution in [3.63, 3.8) is 0 Å². The van der Waals surface area contributed by atoms with E-state index < -0.39 is 0 Å². The average Bonchev–Trinajstić information content (AvgIpc) is 2.83. The van der Waals surface area contributed by atoms with Crippen LogP contribution in [-0.4, -0.2) is 21.5 Å². The molecule has 1 aromatic carbocycles. The zero-order chi connectivity index (χ0) is 13.1. The Balaban J connectivity index is 1.61. The van der Waals surface area contributed by atoms with Gasteiger partial charge < -0.3 is 5.32 Å². The molecule has 0 unspecified atom stereocenters. The fourth-order valence-corrected chi connectivity index (χ4v) is 2.67. The molecule has 0 spiro atoms. The van der Waals surface area contributed by atoms with Crippen molar-refractivity contribution in [3.8, 4) is 0 Å². The Labute approximate surface area is 115 Å². The highest BCUT2D eigenvalue weighted by Crippen LogP contribution is 2.18. The van der Waals surface area contributed by atoms with Crippen molar-refractivity contribution < 1.29 is 0 Å². The minimum absolute atomic E-state index is 0.748. The van der Waals surface area contributed by atoms with E-state index in [1.54, 1.807) is 23.7 Å². The average molecular weight is 270 g/mol. The van der Waals surface area contributed by atoms with Crippen molar-refractivity contribution in [1.29, 1.82) is 0 Å². The molecule has 0 aliphatic heterocycles. The van der Waals surface area contributed by atoms with Crippen molar-refractivity contribution in [1.82, 2.24) is 15.0 Å². The number of nitrogens with one attached hydrogen (secondary N) is 1. The molecule has 5 heteroatoms. The monoisotopic (exact) mass is 270 g/mol. The summed E-state index contributed by atoms with van der Waals surface area (Å²) in [6.45, 7) is 2.95. The number of fused-ring (bicyclic) bond motifs is 1. The van der Waals surface area contributed by atoms with Crippen LogP contribution in [0.2, 0.25) is 0 Å². The van der Waals surface area contributed by atoms with Gasteiger partial charge in [0.2, 0.25) is 0 Å². The molecule has 19 heavy (non-hydrogen) atoms. The summed E-state index contributed by atoms with van der Waals surface area (Å²) in [6, 6.07) is 8.40. The van der Waals surface area contributed by atoms with Crippen molar-refractivity contribution >= 4 is 27.5 Å². The van der Waals surface area contributed by atoms with Gasteiger partial charge in [-0.25, -0.2) is 15.0 Å². The number of hydrogen-bond donors (Lipinski definition) is 1. The second-order valence-electron chi connectivity index (χ2n) is 4.34. The standard InChI is InChI=1S/C14H14N4S/c1-10-2-4-11(5-3-10)15-7-6-12-18-13-14(19-12)17-9-8-16-13/h2-5,8-9,15H,6-7H2,1H3. The Kier molecular flexibility index (Phi) is 3.37. The van der Waals surface area contributed by atoms with E-state index in [9.17, 15) is 0 Å². The van der Waals surface area contributed by atoms with Gasteiger partial charge in [0.1, 0.15) is 0 Å². The van der Waals surface area contributed by atoms with Crippen LogP contribution in [0.4, 0.5) is 5.69 Å². The third-order valence-corrected chi connectivity index (χ3v) is 3.82. The second kappa shape index (κ2) is 5.32. The maximum atomic E-state index is 4.46. The number of aryl methyl sites for hydroxylation is 1. The number of hydrogen-bond acceptors (Lipinski definition) is 5. The van der Waals surface area contributed by atoms with E-state index >= 15 is 0 Å². The van der Waals surface area contributed by atoms with Gasteiger partial charge in [-0.3, -0.25) is 0 Å². The Morgan fingerprint density at radius 3 is 2.68 bits per heavy atom. The van der Waals surface area contributed by atoms with Crippen molar-refractivity contribution in [2.75, 3.05) is 11.9 Å². The first-order chi connectivity index (χ1) is 9.31. The minimum Gasteiger partial charge on any atom is -0.385 e. The van der Waals surface area contributed by atoms with Crippen LogP contribution in [0.1, 0.15) is 10.6 Å². The lowest BCUT2D eigenvalue weighted by atomic mass is 10.2. The lowest BCUT2D eigenvalue weighted by molar-refractivity contribution is 1.00. The summed E-state index contributed by atoms with van der Waals surface area (Å²) >= 11 is 1.61. The van der Waals surface area contributed by atoms with Crippen LogP contribution in [0.15, 0.2) is 36.7 Å². The van der Waals surface area contributed by atoms with Gasteiger partial charge >= 0.3 is 0 Å². The van der Waals surface area contributed by atoms with Gasteiger partial charge in [-0.2, -0.15) is 0 Å². The molecule has 2 aromatic heterocycles. The summed E-state index contributed by atoms with van der Waals surface area (Å²) in [6.07, 6.45) is 4.27. The van der Waals surface area contributed by atoms with Crippen LogP contribution >= 0.6 is 11.3 Å². The Bertz CT molecular complexity index is 642. The quantitative estimate of drug-likeness (QED) is 0.791. The Hall–Kier alpha value is -2.01. The molecule has 3 rings (SSSR count). The summed E-state index contributed by atoms with van der Waals surface area (Å²) in [7, 11) is 0. The molecular weight excluding hydrogens is 256 g/mol. The molecule has 3 aromatic rings. The van der Waals surface area contributed by atoms with E-state index in [2.05, 4.69) is 51.5 Å². The molecule has 0 aliphatic rings. The van der Waals surface area contributed by atoms with Crippen LogP contribution in [0.25, 0.3) is 10.5 Å². The van der Waals surface area contributed by atoms with E-state index in [0.29, 0.717) is 0 Å². The predicted octanol–water partition coefficient (Wildman–Crippen LogP) is 3.05. The third-order valence-electron chi connectivity index (χ3n) is 2.81. The number of rotatable bonds is 4. The maximum Gasteiger partial charge on any atom is 0.189 e. The highest BCUT2D eigenvalue weighted by atomic mass is 32.1. The molecule has 1 N–H and O–H groups in total. The van der Waals surface area contributed by atoms with Crippen molar-refractivity contribution in [2.45, 2.75) is 13.3 Å². The first-order valence-corrected chi connectivity index (χ1v) is 7.00. The van der Waals surface area contributed by atoms with Gasteiger partial charge in [0, 0.05) is 31.0 Å². The topological polar surface area (TPSA) is 50.7 Å². The number of benzene rings is 1. The SMILES string of the molecule is Cc1ccc(NCCc2nc3nccnc3s2)cc1. The van der Waals surface area contributed by atoms with Crippen LogP contribution in [0, 0.1) is 6.92 Å². The summed E-state index contributed by atoms with van der Waals surface area (Å²) in [4.78, 5) is 13.8. The molecule has 0 saturated heterocycles. The van der Waals surface area contributed by atoms with E-state index in [0.717, 1.165) is 34.1 Å². The molecule has 0 radical (unpaired) electrons. The van der Waals surface area contributed by atoms with E-state index in [4.69, 9.17) is 0 Å². The molecule has 0 aliphatic carbocycles. The Morgan fingerprint density at radius 1 is 1.11 bits per heavy atom. The second-order valence-corrected chi connectivity index (χ2v) is 5.40. The van der Waals surface area contributed by atoms with Crippen LogP contribution < -0.4 is 5.32 Å². The van der Waals surface area contributed by atoms with Crippen molar-refractivity contribution in [2.24, 2.45) is 0 Å². The van der Waals surface area contributed by atoms with Gasteiger partial charge in [-0.15, -0.1) is 0 Å². The molecule has 0 saturated carbocycles. The molecule has 4 nitrogen and oxygen atoms in total. The maximum absolute atomic E-state index is 4.46. The summed E-state index contributed by atoms with van der Waals surface area (Å²) < 4.78 is 0. The number of nitrogens with zero attached hydrogens (tertiary/aromatic N) is 3. The Morgan fingerprint density at radius 2 is 1.89 bits per heavy atom. The predicted molar refractivity (Wildman–Crippen MR) is 78.6 cm³/mol. The molecule has 0 bridgehead atoms. The number of anilines is 1. The van der Waals surface area contributed by atoms with Crippen LogP contribution in [0.5, 0.6) is 0 Å². The molecule has 0 fully saturated rings. The van der Waals surface area contributed by atoms with Crippen molar-refractivity contribution in [3.05, 3.63) is 47.2 Å². The number of thiazole rings is 1. The highest BCUT2D eigenvalue weighted by molar-refractivity contribution is 7.18. The first kappa shape index (κ1) is 12.0.